The van der Waals surface area contributed by atoms with Gasteiger partial charge in [0.05, 0.1) is 5.69 Å². The van der Waals surface area contributed by atoms with Crippen molar-refractivity contribution < 1.29 is 14.4 Å². The minimum atomic E-state index is -0.581. The van der Waals surface area contributed by atoms with E-state index in [0.717, 1.165) is 16.3 Å². The average Bonchev–Trinajstić information content (AvgIpc) is 3.12. The summed E-state index contributed by atoms with van der Waals surface area (Å²) in [6, 6.07) is 14.2. The number of nitrogens with one attached hydrogen (secondary N) is 1. The van der Waals surface area contributed by atoms with Crippen LogP contribution in [0.15, 0.2) is 53.9 Å². The van der Waals surface area contributed by atoms with Crippen molar-refractivity contribution in [2.45, 2.75) is 13.8 Å². The van der Waals surface area contributed by atoms with Crippen molar-refractivity contribution in [2.24, 2.45) is 0 Å². The van der Waals surface area contributed by atoms with E-state index in [0.29, 0.717) is 21.4 Å². The number of nitrogens with zero attached hydrogens (tertiary/aromatic N) is 2. The number of benzene rings is 2. The zero-order valence-corrected chi connectivity index (χ0v) is 16.2. The quantitative estimate of drug-likeness (QED) is 0.641. The Morgan fingerprint density at radius 3 is 2.41 bits per heavy atom. The van der Waals surface area contributed by atoms with Crippen LogP contribution in [0, 0.1) is 6.92 Å². The molecule has 0 atom stereocenters. The number of thiazole rings is 1. The van der Waals surface area contributed by atoms with Crippen LogP contribution < -0.4 is 10.6 Å². The molecule has 3 rings (SSSR count). The zero-order chi connectivity index (χ0) is 19.4. The largest absolute Gasteiger partial charge is 0.331 e. The van der Waals surface area contributed by atoms with Gasteiger partial charge in [-0.2, -0.15) is 0 Å². The summed E-state index contributed by atoms with van der Waals surface area (Å²) < 4.78 is 0. The Bertz CT molecular complexity index is 955. The molecule has 0 radical (unpaired) electrons. The number of amides is 1. The molecule has 8 heteroatoms. The van der Waals surface area contributed by atoms with Crippen LogP contribution in [0.2, 0.25) is 5.02 Å². The maximum absolute atomic E-state index is 12.5. The van der Waals surface area contributed by atoms with Crippen molar-refractivity contribution in [3.05, 3.63) is 70.1 Å². The number of aromatic nitrogens is 1. The summed E-state index contributed by atoms with van der Waals surface area (Å²) in [5, 5.41) is 3.72. The van der Waals surface area contributed by atoms with E-state index in [4.69, 9.17) is 16.4 Å². The number of hydrogen-bond acceptors (Lipinski definition) is 6. The Morgan fingerprint density at radius 1 is 1.11 bits per heavy atom. The first-order valence-corrected chi connectivity index (χ1v) is 9.26. The van der Waals surface area contributed by atoms with Crippen LogP contribution in [0.3, 0.4) is 0 Å². The van der Waals surface area contributed by atoms with E-state index >= 15 is 0 Å². The Kier molecular flexibility index (Phi) is 5.73. The first-order valence-electron chi connectivity index (χ1n) is 8.00. The van der Waals surface area contributed by atoms with Crippen LogP contribution in [0.4, 0.5) is 5.13 Å². The number of hydrogen-bond donors (Lipinski definition) is 1. The SMILES string of the molecule is CC(=O)ON(NC(=O)c1ccc(C)cc1)c1nc(-c2ccc(Cl)cc2)cs1. The fourth-order valence-electron chi connectivity index (χ4n) is 2.21. The lowest BCUT2D eigenvalue weighted by molar-refractivity contribution is -0.143. The smallest absolute Gasteiger partial charge is 0.318 e. The molecule has 0 bridgehead atoms. The van der Waals surface area contributed by atoms with Gasteiger partial charge in [0.15, 0.2) is 0 Å². The molecule has 6 nitrogen and oxygen atoms in total. The van der Waals surface area contributed by atoms with Crippen molar-refractivity contribution in [2.75, 3.05) is 5.17 Å². The molecule has 0 aliphatic rings. The molecule has 0 saturated carbocycles. The predicted octanol–water partition coefficient (Wildman–Crippen LogP) is 4.40. The van der Waals surface area contributed by atoms with Gasteiger partial charge in [0.25, 0.3) is 5.91 Å². The van der Waals surface area contributed by atoms with Crippen LogP contribution >= 0.6 is 22.9 Å². The molecule has 3 aromatic rings. The molecule has 138 valence electrons. The second-order valence-electron chi connectivity index (χ2n) is 5.71. The minimum Gasteiger partial charge on any atom is -0.318 e. The van der Waals surface area contributed by atoms with Crippen molar-refractivity contribution in [1.82, 2.24) is 10.4 Å². The predicted molar refractivity (Wildman–Crippen MR) is 105 cm³/mol. The van der Waals surface area contributed by atoms with Gasteiger partial charge in [-0.05, 0) is 31.2 Å². The summed E-state index contributed by atoms with van der Waals surface area (Å²) in [5.41, 5.74) is 5.56. The van der Waals surface area contributed by atoms with Crippen LogP contribution in [0.25, 0.3) is 11.3 Å². The Morgan fingerprint density at radius 2 is 1.78 bits per heavy atom. The van der Waals surface area contributed by atoms with Crippen molar-refractivity contribution >= 4 is 39.9 Å². The van der Waals surface area contributed by atoms with E-state index in [1.54, 1.807) is 29.6 Å². The highest BCUT2D eigenvalue weighted by Crippen LogP contribution is 2.28. The second-order valence-corrected chi connectivity index (χ2v) is 6.98. The van der Waals surface area contributed by atoms with Crippen molar-refractivity contribution in [1.29, 1.82) is 0 Å². The number of aryl methyl sites for hydroxylation is 1. The molecule has 0 unspecified atom stereocenters. The molecule has 0 aliphatic heterocycles. The fourth-order valence-corrected chi connectivity index (χ4v) is 3.07. The van der Waals surface area contributed by atoms with Gasteiger partial charge >= 0.3 is 5.97 Å². The summed E-state index contributed by atoms with van der Waals surface area (Å²) in [7, 11) is 0. The molecule has 1 N–H and O–H groups in total. The number of rotatable bonds is 5. The molecule has 0 aliphatic carbocycles. The normalized spacial score (nSPS) is 10.3. The van der Waals surface area contributed by atoms with Crippen molar-refractivity contribution in [3.8, 4) is 11.3 Å². The summed E-state index contributed by atoms with van der Waals surface area (Å²) in [6.45, 7) is 3.18. The number of carbonyl (C=O) groups is 2. The number of anilines is 1. The molecule has 27 heavy (non-hydrogen) atoms. The van der Waals surface area contributed by atoms with E-state index in [9.17, 15) is 9.59 Å². The van der Waals surface area contributed by atoms with Gasteiger partial charge in [-0.25, -0.2) is 15.2 Å². The zero-order valence-electron chi connectivity index (χ0n) is 14.6. The van der Waals surface area contributed by atoms with Gasteiger partial charge in [-0.15, -0.1) is 0 Å². The molecular formula is C19H16ClN3O3S. The van der Waals surface area contributed by atoms with Gasteiger partial charge in [-0.1, -0.05) is 57.9 Å². The van der Waals surface area contributed by atoms with Crippen LogP contribution in [0.5, 0.6) is 0 Å². The molecule has 1 aromatic heterocycles. The molecule has 0 spiro atoms. The summed E-state index contributed by atoms with van der Waals surface area (Å²) in [6.07, 6.45) is 0. The lowest BCUT2D eigenvalue weighted by Crippen LogP contribution is -2.43. The first-order chi connectivity index (χ1) is 12.9. The lowest BCUT2D eigenvalue weighted by Gasteiger charge is -2.19. The Labute approximate surface area is 165 Å². The van der Waals surface area contributed by atoms with E-state index in [1.165, 1.54) is 18.3 Å². The third-order valence-electron chi connectivity index (χ3n) is 3.54. The van der Waals surface area contributed by atoms with Gasteiger partial charge in [0.1, 0.15) is 0 Å². The standard InChI is InChI=1S/C19H16ClN3O3S/c1-12-3-5-15(6-4-12)18(25)22-23(26-13(2)24)19-21-17(11-27-19)14-7-9-16(20)10-8-14/h3-11H,1-2H3,(H,22,25). The summed E-state index contributed by atoms with van der Waals surface area (Å²) in [5.74, 6) is -0.998. The highest BCUT2D eigenvalue weighted by atomic mass is 35.5. The number of hydrazine groups is 1. The van der Waals surface area contributed by atoms with Gasteiger partial charge in [-0.3, -0.25) is 4.79 Å². The highest BCUT2D eigenvalue weighted by molar-refractivity contribution is 7.14. The van der Waals surface area contributed by atoms with Crippen LogP contribution in [0.1, 0.15) is 22.8 Å². The topological polar surface area (TPSA) is 71.5 Å². The van der Waals surface area contributed by atoms with E-state index in [-0.39, 0.29) is 0 Å². The molecule has 1 heterocycles. The highest BCUT2D eigenvalue weighted by Gasteiger charge is 2.19. The Balaban J connectivity index is 1.82. The molecule has 0 fully saturated rings. The fraction of sp³-hybridized carbons (Fsp3) is 0.105. The van der Waals surface area contributed by atoms with Gasteiger partial charge in [0, 0.05) is 28.5 Å². The van der Waals surface area contributed by atoms with Gasteiger partial charge in [0.2, 0.25) is 5.13 Å². The molecule has 1 amide bonds. The summed E-state index contributed by atoms with van der Waals surface area (Å²) >= 11 is 7.13. The maximum atomic E-state index is 12.5. The maximum Gasteiger partial charge on any atom is 0.331 e. The second kappa shape index (κ2) is 8.20. The minimum absolute atomic E-state index is 0.315. The van der Waals surface area contributed by atoms with Crippen molar-refractivity contribution in [3.63, 3.8) is 0 Å². The average molecular weight is 402 g/mol. The monoisotopic (exact) mass is 401 g/mol. The van der Waals surface area contributed by atoms with E-state index in [1.807, 2.05) is 31.2 Å². The van der Waals surface area contributed by atoms with E-state index in [2.05, 4.69) is 10.4 Å². The summed E-state index contributed by atoms with van der Waals surface area (Å²) in [4.78, 5) is 33.4. The van der Waals surface area contributed by atoms with Crippen LogP contribution in [-0.2, 0) is 9.63 Å². The van der Waals surface area contributed by atoms with Crippen LogP contribution in [-0.4, -0.2) is 16.9 Å². The lowest BCUT2D eigenvalue weighted by atomic mass is 10.1. The van der Waals surface area contributed by atoms with Gasteiger partial charge < -0.3 is 4.84 Å². The molecule has 2 aromatic carbocycles. The Hall–Kier alpha value is -2.90. The molecule has 0 saturated heterocycles. The first kappa shape index (κ1) is 18.9. The third kappa shape index (κ3) is 4.84. The third-order valence-corrected chi connectivity index (χ3v) is 4.60. The van der Waals surface area contributed by atoms with E-state index < -0.39 is 11.9 Å². The molecular weight excluding hydrogens is 386 g/mol. The number of halogens is 1. The number of carbonyl (C=O) groups excluding carboxylic acids is 2.